The maximum absolute atomic E-state index is 13.7. The summed E-state index contributed by atoms with van der Waals surface area (Å²) < 4.78 is 13.7. The van der Waals surface area contributed by atoms with Gasteiger partial charge in [-0.3, -0.25) is 14.4 Å². The molecule has 2 aliphatic rings. The monoisotopic (exact) mass is 564 g/mol. The summed E-state index contributed by atoms with van der Waals surface area (Å²) in [6, 6.07) is 4.18. The van der Waals surface area contributed by atoms with E-state index in [1.807, 2.05) is 19.9 Å². The number of carboxylic acid groups (broad SMARTS) is 2. The molecular weight excluding hydrogens is 523 g/mol. The number of anilines is 1. The second-order valence-electron chi connectivity index (χ2n) is 9.39. The number of hydrogen-bond acceptors (Lipinski definition) is 7. The first-order chi connectivity index (χ1) is 18.4. The Kier molecular flexibility index (Phi) is 13.5. The maximum Gasteiger partial charge on any atom is 0.333 e. The minimum Gasteiger partial charge on any atom is -0.481 e. The van der Waals surface area contributed by atoms with Gasteiger partial charge in [0, 0.05) is 47.2 Å². The predicted octanol–water partition coefficient (Wildman–Crippen LogP) is 2.43. The number of fused-ring (bicyclic) bond motifs is 1. The molecule has 1 aromatic rings. The van der Waals surface area contributed by atoms with Crippen LogP contribution in [0.2, 0.25) is 0 Å². The van der Waals surface area contributed by atoms with Crippen molar-refractivity contribution in [1.82, 2.24) is 15.5 Å². The van der Waals surface area contributed by atoms with Crippen LogP contribution in [0.15, 0.2) is 35.5 Å². The highest BCUT2D eigenvalue weighted by atomic mass is 19.1. The molecule has 0 saturated heterocycles. The Morgan fingerprint density at radius 2 is 1.88 bits per heavy atom. The number of halogens is 1. The van der Waals surface area contributed by atoms with Gasteiger partial charge in [-0.25, -0.2) is 9.18 Å². The Balaban J connectivity index is 0.000000692. The van der Waals surface area contributed by atoms with E-state index in [1.54, 1.807) is 6.07 Å². The van der Waals surface area contributed by atoms with Crippen molar-refractivity contribution in [2.45, 2.75) is 60.1 Å². The van der Waals surface area contributed by atoms with E-state index in [9.17, 15) is 23.6 Å². The van der Waals surface area contributed by atoms with Crippen LogP contribution >= 0.6 is 0 Å². The number of benzene rings is 1. The van der Waals surface area contributed by atoms with Crippen LogP contribution < -0.4 is 16.0 Å². The predicted molar refractivity (Wildman–Crippen MR) is 150 cm³/mol. The van der Waals surface area contributed by atoms with Crippen LogP contribution in [-0.4, -0.2) is 82.3 Å². The molecule has 0 radical (unpaired) electrons. The van der Waals surface area contributed by atoms with Crippen LogP contribution in [0.3, 0.4) is 0 Å². The number of nitrogens with one attached hydrogen (secondary N) is 3. The molecule has 3 unspecified atom stereocenters. The van der Waals surface area contributed by atoms with Crippen molar-refractivity contribution in [3.8, 4) is 0 Å². The minimum atomic E-state index is -1.79. The molecule has 0 spiro atoms. The van der Waals surface area contributed by atoms with Gasteiger partial charge in [-0.15, -0.1) is 0 Å². The second-order valence-corrected chi connectivity index (χ2v) is 9.39. The van der Waals surface area contributed by atoms with E-state index in [4.69, 9.17) is 15.3 Å². The van der Waals surface area contributed by atoms with Crippen molar-refractivity contribution in [3.05, 3.63) is 46.9 Å². The maximum atomic E-state index is 13.7. The average Bonchev–Trinajstić information content (AvgIpc) is 3.15. The number of amides is 2. The molecule has 2 amide bonds. The molecule has 0 bridgehead atoms. The number of carbonyl (C=O) groups is 4. The molecule has 2 aliphatic heterocycles. The fourth-order valence-corrected chi connectivity index (χ4v) is 4.53. The lowest BCUT2D eigenvalue weighted by atomic mass is 9.86. The standard InChI is InChI=1S/C23H31FN4O2.C4H6O5.CH4/c1-5-28(6-2)10-9-25-23(30)21-14(3)11-17(26-15(21)4)13-19-18-12-16(24)7-8-20(18)27-22(19)29;5-2(4(8)9)1-3(6)7;/h7-8,12-14,17,26H,5-6,9-11H2,1-4H3,(H,25,30)(H,27,29);2,5H,1H2,(H,6,7)(H,8,9);1H4/b19-13-;;. The van der Waals surface area contributed by atoms with Crippen molar-refractivity contribution in [2.75, 3.05) is 31.5 Å². The van der Waals surface area contributed by atoms with Crippen LogP contribution in [0.25, 0.3) is 5.57 Å². The molecule has 0 fully saturated rings. The molecule has 0 aromatic heterocycles. The van der Waals surface area contributed by atoms with E-state index in [0.717, 1.165) is 30.9 Å². The highest BCUT2D eigenvalue weighted by Gasteiger charge is 2.30. The van der Waals surface area contributed by atoms with Crippen molar-refractivity contribution in [2.24, 2.45) is 5.92 Å². The molecule has 40 heavy (non-hydrogen) atoms. The molecule has 2 heterocycles. The normalized spacial score (nSPS) is 19.5. The Morgan fingerprint density at radius 1 is 1.23 bits per heavy atom. The third kappa shape index (κ3) is 9.45. The number of rotatable bonds is 10. The number of nitrogens with zero attached hydrogens (tertiary/aromatic N) is 1. The van der Waals surface area contributed by atoms with Crippen LogP contribution in [-0.2, 0) is 19.2 Å². The zero-order valence-corrected chi connectivity index (χ0v) is 22.6. The van der Waals surface area contributed by atoms with Gasteiger partial charge >= 0.3 is 11.9 Å². The van der Waals surface area contributed by atoms with Crippen molar-refractivity contribution < 1.29 is 38.9 Å². The Hall–Kier alpha value is -3.77. The summed E-state index contributed by atoms with van der Waals surface area (Å²) in [5, 5.41) is 33.3. The van der Waals surface area contributed by atoms with E-state index in [1.165, 1.54) is 12.1 Å². The molecular formula is C28H41FN4O7. The number of aliphatic carboxylic acids is 2. The SMILES string of the molecule is C.CCN(CC)CCNC(=O)C1=C(C)NC(/C=C2\C(=O)Nc3ccc(F)cc32)CC1C.O=C(O)CC(O)C(=O)O. The number of aliphatic hydroxyl groups is 1. The van der Waals surface area contributed by atoms with E-state index in [0.29, 0.717) is 29.8 Å². The van der Waals surface area contributed by atoms with Gasteiger partial charge < -0.3 is 36.2 Å². The molecule has 0 saturated carbocycles. The lowest BCUT2D eigenvalue weighted by Gasteiger charge is -2.31. The average molecular weight is 565 g/mol. The zero-order chi connectivity index (χ0) is 29.3. The first-order valence-corrected chi connectivity index (χ1v) is 12.8. The van der Waals surface area contributed by atoms with Gasteiger partial charge in [-0.2, -0.15) is 0 Å². The minimum absolute atomic E-state index is 0. The Labute approximate surface area is 234 Å². The van der Waals surface area contributed by atoms with Gasteiger partial charge in [0.1, 0.15) is 5.82 Å². The summed E-state index contributed by atoms with van der Waals surface area (Å²) in [6.45, 7) is 11.5. The number of aliphatic hydroxyl groups excluding tert-OH is 1. The molecule has 12 heteroatoms. The van der Waals surface area contributed by atoms with Crippen LogP contribution in [0, 0.1) is 11.7 Å². The summed E-state index contributed by atoms with van der Waals surface area (Å²) in [7, 11) is 0. The van der Waals surface area contributed by atoms with Crippen LogP contribution in [0.5, 0.6) is 0 Å². The third-order valence-corrected chi connectivity index (χ3v) is 6.54. The zero-order valence-electron chi connectivity index (χ0n) is 22.6. The van der Waals surface area contributed by atoms with E-state index >= 15 is 0 Å². The van der Waals surface area contributed by atoms with E-state index < -0.39 is 24.5 Å². The van der Waals surface area contributed by atoms with Crippen molar-refractivity contribution in [3.63, 3.8) is 0 Å². The van der Waals surface area contributed by atoms with E-state index in [2.05, 4.69) is 34.7 Å². The highest BCUT2D eigenvalue weighted by Crippen LogP contribution is 2.34. The lowest BCUT2D eigenvalue weighted by molar-refractivity contribution is -0.152. The quantitative estimate of drug-likeness (QED) is 0.234. The van der Waals surface area contributed by atoms with Gasteiger partial charge in [-0.1, -0.05) is 28.2 Å². The largest absolute Gasteiger partial charge is 0.481 e. The Bertz CT molecular complexity index is 1150. The van der Waals surface area contributed by atoms with E-state index in [-0.39, 0.29) is 37.0 Å². The molecule has 0 aliphatic carbocycles. The number of hydrogen-bond donors (Lipinski definition) is 6. The fourth-order valence-electron chi connectivity index (χ4n) is 4.53. The number of likely N-dealkylation sites (N-methyl/N-ethyl adjacent to an activating group) is 1. The van der Waals surface area contributed by atoms with Gasteiger partial charge in [0.2, 0.25) is 5.91 Å². The number of carboxylic acids is 2. The molecule has 3 rings (SSSR count). The van der Waals surface area contributed by atoms with Crippen molar-refractivity contribution >= 4 is 35.0 Å². The summed E-state index contributed by atoms with van der Waals surface area (Å²) >= 11 is 0. The lowest BCUT2D eigenvalue weighted by Crippen LogP contribution is -2.41. The first-order valence-electron chi connectivity index (χ1n) is 12.8. The Morgan fingerprint density at radius 3 is 2.40 bits per heavy atom. The summed E-state index contributed by atoms with van der Waals surface area (Å²) in [5.74, 6) is -3.45. The highest BCUT2D eigenvalue weighted by molar-refractivity contribution is 6.31. The molecule has 3 atom stereocenters. The van der Waals surface area contributed by atoms with Gasteiger partial charge in [-0.05, 0) is 56.6 Å². The fraction of sp³-hybridized carbons (Fsp3) is 0.500. The van der Waals surface area contributed by atoms with Gasteiger partial charge in [0.25, 0.3) is 5.91 Å². The number of carbonyl (C=O) groups excluding carboxylic acids is 2. The molecule has 1 aromatic carbocycles. The summed E-state index contributed by atoms with van der Waals surface area (Å²) in [5.41, 5.74) is 3.24. The second kappa shape index (κ2) is 15.7. The topological polar surface area (TPSA) is 168 Å². The third-order valence-electron chi connectivity index (χ3n) is 6.54. The van der Waals surface area contributed by atoms with Crippen molar-refractivity contribution in [1.29, 1.82) is 0 Å². The van der Waals surface area contributed by atoms with Crippen LogP contribution in [0.4, 0.5) is 10.1 Å². The first kappa shape index (κ1) is 34.3. The smallest absolute Gasteiger partial charge is 0.333 e. The molecule has 6 N–H and O–H groups in total. The van der Waals surface area contributed by atoms with Gasteiger partial charge in [0.05, 0.1) is 6.42 Å². The summed E-state index contributed by atoms with van der Waals surface area (Å²) in [4.78, 5) is 46.8. The number of allylic oxidation sites excluding steroid dienone is 1. The summed E-state index contributed by atoms with van der Waals surface area (Å²) in [6.07, 6.45) is -0.0229. The molecule has 222 valence electrons. The van der Waals surface area contributed by atoms with Gasteiger partial charge in [0.15, 0.2) is 6.10 Å². The van der Waals surface area contributed by atoms with Crippen LogP contribution in [0.1, 0.15) is 53.5 Å². The molecule has 11 nitrogen and oxygen atoms in total.